The molecule has 17 heavy (non-hydrogen) atoms. The van der Waals surface area contributed by atoms with E-state index in [1.165, 1.54) is 7.11 Å². The van der Waals surface area contributed by atoms with Crippen LogP contribution < -0.4 is 0 Å². The average molecular weight is 241 g/mol. The Hall–Kier alpha value is -1.10. The van der Waals surface area contributed by atoms with E-state index in [1.807, 2.05) is 0 Å². The van der Waals surface area contributed by atoms with E-state index >= 15 is 0 Å². The van der Waals surface area contributed by atoms with E-state index in [0.29, 0.717) is 19.6 Å². The second-order valence-electron chi connectivity index (χ2n) is 4.57. The summed E-state index contributed by atoms with van der Waals surface area (Å²) in [6.07, 6.45) is 4.01. The van der Waals surface area contributed by atoms with Crippen molar-refractivity contribution >= 4 is 11.9 Å². The van der Waals surface area contributed by atoms with Gasteiger partial charge in [0.2, 0.25) is 0 Å². The van der Waals surface area contributed by atoms with E-state index < -0.39 is 6.04 Å². The van der Waals surface area contributed by atoms with Gasteiger partial charge in [0, 0.05) is 13.2 Å². The molecule has 0 aromatic carbocycles. The van der Waals surface area contributed by atoms with E-state index in [-0.39, 0.29) is 18.0 Å². The molecule has 0 aliphatic carbocycles. The van der Waals surface area contributed by atoms with E-state index in [2.05, 4.69) is 0 Å². The van der Waals surface area contributed by atoms with Gasteiger partial charge in [0.15, 0.2) is 0 Å². The molecule has 5 heteroatoms. The van der Waals surface area contributed by atoms with Crippen molar-refractivity contribution in [2.24, 2.45) is 0 Å². The molecule has 0 radical (unpaired) electrons. The van der Waals surface area contributed by atoms with Crippen LogP contribution in [0.3, 0.4) is 0 Å². The van der Waals surface area contributed by atoms with Crippen molar-refractivity contribution in [1.82, 2.24) is 4.90 Å². The van der Waals surface area contributed by atoms with Crippen molar-refractivity contribution in [3.63, 3.8) is 0 Å². The van der Waals surface area contributed by atoms with Crippen molar-refractivity contribution in [1.29, 1.82) is 0 Å². The second kappa shape index (κ2) is 5.49. The van der Waals surface area contributed by atoms with Crippen molar-refractivity contribution in [3.05, 3.63) is 0 Å². The Morgan fingerprint density at radius 2 is 2.06 bits per heavy atom. The number of carbonyl (C=O) groups is 2. The molecule has 2 heterocycles. The van der Waals surface area contributed by atoms with Gasteiger partial charge in [-0.15, -0.1) is 0 Å². The monoisotopic (exact) mass is 241 g/mol. The number of hydrogen-bond acceptors (Lipinski definition) is 4. The van der Waals surface area contributed by atoms with Gasteiger partial charge in [-0.2, -0.15) is 0 Å². The van der Waals surface area contributed by atoms with Gasteiger partial charge in [0.25, 0.3) is 5.91 Å². The van der Waals surface area contributed by atoms with Crippen LogP contribution in [0.1, 0.15) is 32.1 Å². The van der Waals surface area contributed by atoms with Crippen LogP contribution in [0.5, 0.6) is 0 Å². The molecular weight excluding hydrogens is 222 g/mol. The lowest BCUT2D eigenvalue weighted by atomic mass is 10.1. The Kier molecular flexibility index (Phi) is 3.99. The zero-order valence-electron chi connectivity index (χ0n) is 10.2. The van der Waals surface area contributed by atoms with Crippen LogP contribution in [0, 0.1) is 0 Å². The van der Waals surface area contributed by atoms with E-state index in [4.69, 9.17) is 9.47 Å². The van der Waals surface area contributed by atoms with Crippen molar-refractivity contribution in [2.45, 2.75) is 44.2 Å². The van der Waals surface area contributed by atoms with Crippen molar-refractivity contribution < 1.29 is 19.1 Å². The highest BCUT2D eigenvalue weighted by Gasteiger charge is 2.38. The summed E-state index contributed by atoms with van der Waals surface area (Å²) >= 11 is 0. The Morgan fingerprint density at radius 3 is 2.71 bits per heavy atom. The lowest BCUT2D eigenvalue weighted by Gasteiger charge is -2.29. The topological polar surface area (TPSA) is 55.8 Å². The molecule has 0 saturated carbocycles. The predicted molar refractivity (Wildman–Crippen MR) is 60.3 cm³/mol. The van der Waals surface area contributed by atoms with Crippen molar-refractivity contribution in [2.75, 3.05) is 20.3 Å². The van der Waals surface area contributed by atoms with Gasteiger partial charge in [-0.05, 0) is 32.1 Å². The number of methoxy groups -OCH3 is 1. The summed E-state index contributed by atoms with van der Waals surface area (Å²) in [5, 5.41) is 0. The third-order valence-corrected chi connectivity index (χ3v) is 3.46. The molecule has 5 nitrogen and oxygen atoms in total. The highest BCUT2D eigenvalue weighted by molar-refractivity contribution is 5.87. The largest absolute Gasteiger partial charge is 0.467 e. The summed E-state index contributed by atoms with van der Waals surface area (Å²) < 4.78 is 10.2. The molecule has 2 atom stereocenters. The van der Waals surface area contributed by atoms with Crippen LogP contribution in [-0.2, 0) is 19.1 Å². The van der Waals surface area contributed by atoms with E-state index in [1.54, 1.807) is 4.90 Å². The van der Waals surface area contributed by atoms with Crippen LogP contribution in [0.4, 0.5) is 0 Å². The van der Waals surface area contributed by atoms with Gasteiger partial charge in [-0.3, -0.25) is 4.79 Å². The van der Waals surface area contributed by atoms with Crippen LogP contribution >= 0.6 is 0 Å². The molecule has 2 fully saturated rings. The number of likely N-dealkylation sites (tertiary alicyclic amines) is 1. The minimum atomic E-state index is -0.405. The molecule has 96 valence electrons. The highest BCUT2D eigenvalue weighted by Crippen LogP contribution is 2.23. The Bertz CT molecular complexity index is 299. The van der Waals surface area contributed by atoms with Gasteiger partial charge in [-0.25, -0.2) is 4.79 Å². The van der Waals surface area contributed by atoms with E-state index in [9.17, 15) is 9.59 Å². The lowest BCUT2D eigenvalue weighted by Crippen LogP contribution is -2.47. The average Bonchev–Trinajstić information content (AvgIpc) is 2.87. The third-order valence-electron chi connectivity index (χ3n) is 3.46. The summed E-state index contributed by atoms with van der Waals surface area (Å²) in [5.41, 5.74) is 0. The zero-order valence-corrected chi connectivity index (χ0v) is 10.2. The van der Waals surface area contributed by atoms with Crippen LogP contribution in [0.25, 0.3) is 0 Å². The molecule has 0 bridgehead atoms. The highest BCUT2D eigenvalue weighted by atomic mass is 16.5. The number of esters is 1. The molecular formula is C12H19NO4. The molecule has 2 unspecified atom stereocenters. The summed E-state index contributed by atoms with van der Waals surface area (Å²) in [4.78, 5) is 25.4. The van der Waals surface area contributed by atoms with Crippen LogP contribution in [-0.4, -0.2) is 49.2 Å². The fourth-order valence-electron chi connectivity index (χ4n) is 2.53. The molecule has 2 aliphatic heterocycles. The number of carbonyl (C=O) groups excluding carboxylic acids is 2. The maximum Gasteiger partial charge on any atom is 0.328 e. The molecule has 2 rings (SSSR count). The number of nitrogens with zero attached hydrogens (tertiary/aromatic N) is 1. The minimum Gasteiger partial charge on any atom is -0.467 e. The summed E-state index contributed by atoms with van der Waals surface area (Å²) in [5.74, 6) is -0.357. The Balaban J connectivity index is 1.99. The standard InChI is InChI=1S/C12H19NO4/c1-16-12(15)9-5-4-7-13(9)11(14)10-6-2-3-8-17-10/h9-10H,2-8H2,1H3. The van der Waals surface area contributed by atoms with Gasteiger partial charge < -0.3 is 14.4 Å². The number of amides is 1. The third kappa shape index (κ3) is 2.60. The lowest BCUT2D eigenvalue weighted by molar-refractivity contribution is -0.157. The summed E-state index contributed by atoms with van der Waals surface area (Å²) in [7, 11) is 1.36. The molecule has 0 aromatic heterocycles. The van der Waals surface area contributed by atoms with Crippen molar-refractivity contribution in [3.8, 4) is 0 Å². The van der Waals surface area contributed by atoms with E-state index in [0.717, 1.165) is 25.7 Å². The van der Waals surface area contributed by atoms with Crippen LogP contribution in [0.2, 0.25) is 0 Å². The normalized spacial score (nSPS) is 29.1. The molecule has 1 amide bonds. The predicted octanol–water partition coefficient (Wildman–Crippen LogP) is 0.719. The number of rotatable bonds is 2. The maximum atomic E-state index is 12.2. The summed E-state index contributed by atoms with van der Waals surface area (Å²) in [6, 6.07) is -0.405. The molecule has 2 aliphatic rings. The minimum absolute atomic E-state index is 0.0439. The first-order chi connectivity index (χ1) is 8.24. The van der Waals surface area contributed by atoms with Gasteiger partial charge in [0.05, 0.1) is 7.11 Å². The molecule has 0 N–H and O–H groups in total. The zero-order chi connectivity index (χ0) is 12.3. The summed E-state index contributed by atoms with van der Waals surface area (Å²) in [6.45, 7) is 1.28. The van der Waals surface area contributed by atoms with Gasteiger partial charge in [-0.1, -0.05) is 0 Å². The first-order valence-electron chi connectivity index (χ1n) is 6.24. The fourth-order valence-corrected chi connectivity index (χ4v) is 2.53. The molecule has 0 aromatic rings. The second-order valence-corrected chi connectivity index (χ2v) is 4.57. The smallest absolute Gasteiger partial charge is 0.328 e. The van der Waals surface area contributed by atoms with Crippen LogP contribution in [0.15, 0.2) is 0 Å². The molecule has 2 saturated heterocycles. The van der Waals surface area contributed by atoms with Gasteiger partial charge in [0.1, 0.15) is 12.1 Å². The first kappa shape index (κ1) is 12.4. The Labute approximate surface area is 101 Å². The number of ether oxygens (including phenoxy) is 2. The number of hydrogen-bond donors (Lipinski definition) is 0. The quantitative estimate of drug-likeness (QED) is 0.668. The first-order valence-corrected chi connectivity index (χ1v) is 6.24. The fraction of sp³-hybridized carbons (Fsp3) is 0.833. The van der Waals surface area contributed by atoms with Gasteiger partial charge >= 0.3 is 5.97 Å². The maximum absolute atomic E-state index is 12.2. The SMILES string of the molecule is COC(=O)C1CCCN1C(=O)C1CCCCO1. The Morgan fingerprint density at radius 1 is 1.24 bits per heavy atom. The molecule has 0 spiro atoms.